The highest BCUT2D eigenvalue weighted by molar-refractivity contribution is 5.92. The van der Waals surface area contributed by atoms with Crippen molar-refractivity contribution in [3.63, 3.8) is 0 Å². The van der Waals surface area contributed by atoms with E-state index < -0.39 is 11.9 Å². The summed E-state index contributed by atoms with van der Waals surface area (Å²) in [7, 11) is 1.80. The van der Waals surface area contributed by atoms with Crippen molar-refractivity contribution in [3.05, 3.63) is 95.6 Å². The van der Waals surface area contributed by atoms with Crippen molar-refractivity contribution in [1.82, 2.24) is 14.9 Å². The Kier molecular flexibility index (Phi) is 5.22. The van der Waals surface area contributed by atoms with E-state index in [1.807, 2.05) is 0 Å². The topological polar surface area (TPSA) is 46.9 Å². The molecule has 0 saturated carbocycles. The number of hydrogen-bond donors (Lipinski definition) is 1. The minimum Gasteiger partial charge on any atom is -0.339 e. The van der Waals surface area contributed by atoms with Crippen molar-refractivity contribution in [2.24, 2.45) is 7.05 Å². The highest BCUT2D eigenvalue weighted by Gasteiger charge is 2.20. The SMILES string of the molecule is Cn1ccnc1C(NC(=O)C=Cc1ccc(F)cc1)c1cccc(F)c1. The van der Waals surface area contributed by atoms with E-state index in [0.717, 1.165) is 0 Å². The molecule has 0 aliphatic rings. The maximum atomic E-state index is 13.6. The number of benzene rings is 2. The maximum Gasteiger partial charge on any atom is 0.244 e. The number of hydrogen-bond acceptors (Lipinski definition) is 2. The molecule has 0 aliphatic carbocycles. The second-order valence-corrected chi connectivity index (χ2v) is 5.78. The van der Waals surface area contributed by atoms with Crippen LogP contribution in [0.15, 0.2) is 67.0 Å². The molecule has 1 unspecified atom stereocenters. The van der Waals surface area contributed by atoms with E-state index in [1.165, 1.54) is 30.3 Å². The Morgan fingerprint density at radius 2 is 1.92 bits per heavy atom. The van der Waals surface area contributed by atoms with Gasteiger partial charge in [0.25, 0.3) is 0 Å². The molecule has 1 amide bonds. The molecule has 0 radical (unpaired) electrons. The molecule has 4 nitrogen and oxygen atoms in total. The molecule has 0 aliphatic heterocycles. The first-order valence-electron chi connectivity index (χ1n) is 8.00. The molecule has 0 fully saturated rings. The summed E-state index contributed by atoms with van der Waals surface area (Å²) in [6, 6.07) is 11.2. The molecule has 1 N–H and O–H groups in total. The van der Waals surface area contributed by atoms with Gasteiger partial charge in [0.15, 0.2) is 0 Å². The highest BCUT2D eigenvalue weighted by Crippen LogP contribution is 2.21. The van der Waals surface area contributed by atoms with Gasteiger partial charge >= 0.3 is 0 Å². The zero-order chi connectivity index (χ0) is 18.5. The summed E-state index contributed by atoms with van der Waals surface area (Å²) in [5.41, 5.74) is 1.28. The lowest BCUT2D eigenvalue weighted by Crippen LogP contribution is -2.29. The first-order chi connectivity index (χ1) is 12.5. The Bertz CT molecular complexity index is 932. The number of imidazole rings is 1. The fraction of sp³-hybridized carbons (Fsp3) is 0.100. The van der Waals surface area contributed by atoms with Gasteiger partial charge in [-0.1, -0.05) is 24.3 Å². The molecule has 132 valence electrons. The van der Waals surface area contributed by atoms with Crippen LogP contribution in [0.25, 0.3) is 6.08 Å². The summed E-state index contributed by atoms with van der Waals surface area (Å²) in [5.74, 6) is -0.518. The number of nitrogens with zero attached hydrogens (tertiary/aromatic N) is 2. The lowest BCUT2D eigenvalue weighted by molar-refractivity contribution is -0.117. The van der Waals surface area contributed by atoms with Gasteiger partial charge < -0.3 is 9.88 Å². The van der Waals surface area contributed by atoms with Crippen LogP contribution in [-0.4, -0.2) is 15.5 Å². The van der Waals surface area contributed by atoms with E-state index in [-0.39, 0.29) is 11.7 Å². The lowest BCUT2D eigenvalue weighted by Gasteiger charge is -2.18. The van der Waals surface area contributed by atoms with Gasteiger partial charge in [-0.3, -0.25) is 4.79 Å². The number of rotatable bonds is 5. The number of carbonyl (C=O) groups is 1. The van der Waals surface area contributed by atoms with Crippen LogP contribution in [0.4, 0.5) is 8.78 Å². The highest BCUT2D eigenvalue weighted by atomic mass is 19.1. The van der Waals surface area contributed by atoms with Crippen LogP contribution < -0.4 is 5.32 Å². The lowest BCUT2D eigenvalue weighted by atomic mass is 10.1. The van der Waals surface area contributed by atoms with Crippen LogP contribution >= 0.6 is 0 Å². The van der Waals surface area contributed by atoms with Crippen LogP contribution in [0, 0.1) is 11.6 Å². The Labute approximate surface area is 149 Å². The van der Waals surface area contributed by atoms with Gasteiger partial charge in [0.1, 0.15) is 23.5 Å². The second kappa shape index (κ2) is 7.74. The monoisotopic (exact) mass is 353 g/mol. The van der Waals surface area contributed by atoms with Crippen LogP contribution in [0.2, 0.25) is 0 Å². The van der Waals surface area contributed by atoms with Crippen molar-refractivity contribution in [2.75, 3.05) is 0 Å². The third-order valence-electron chi connectivity index (χ3n) is 3.88. The number of nitrogens with one attached hydrogen (secondary N) is 1. The molecule has 1 aromatic heterocycles. The third kappa shape index (κ3) is 4.22. The first kappa shape index (κ1) is 17.5. The minimum atomic E-state index is -0.601. The van der Waals surface area contributed by atoms with Gasteiger partial charge in [-0.2, -0.15) is 0 Å². The average Bonchev–Trinajstić information content (AvgIpc) is 3.05. The Hall–Kier alpha value is -3.28. The van der Waals surface area contributed by atoms with Crippen molar-refractivity contribution in [2.45, 2.75) is 6.04 Å². The van der Waals surface area contributed by atoms with Crippen molar-refractivity contribution in [3.8, 4) is 0 Å². The van der Waals surface area contributed by atoms with Gasteiger partial charge in [0, 0.05) is 25.5 Å². The molecule has 6 heteroatoms. The molecule has 1 atom stereocenters. The number of aromatic nitrogens is 2. The van der Waals surface area contributed by atoms with Crippen LogP contribution in [0.3, 0.4) is 0 Å². The molecular weight excluding hydrogens is 336 g/mol. The molecule has 3 rings (SSSR count). The third-order valence-corrected chi connectivity index (χ3v) is 3.88. The first-order valence-corrected chi connectivity index (χ1v) is 8.00. The fourth-order valence-electron chi connectivity index (χ4n) is 2.57. The molecule has 2 aromatic carbocycles. The Morgan fingerprint density at radius 1 is 1.15 bits per heavy atom. The number of carbonyl (C=O) groups excluding carboxylic acids is 1. The standard InChI is InChI=1S/C20H17F2N3O/c1-25-12-11-23-20(25)19(15-3-2-4-17(22)13-15)24-18(26)10-7-14-5-8-16(21)9-6-14/h2-13,19H,1H3,(H,24,26). The van der Waals surface area contributed by atoms with Crippen molar-refractivity contribution >= 4 is 12.0 Å². The van der Waals surface area contributed by atoms with E-state index in [4.69, 9.17) is 0 Å². The second-order valence-electron chi connectivity index (χ2n) is 5.78. The van der Waals surface area contributed by atoms with Gasteiger partial charge in [0.2, 0.25) is 5.91 Å². The zero-order valence-electron chi connectivity index (χ0n) is 14.1. The average molecular weight is 353 g/mol. The van der Waals surface area contributed by atoms with Crippen LogP contribution in [-0.2, 0) is 11.8 Å². The van der Waals surface area contributed by atoms with E-state index in [0.29, 0.717) is 17.0 Å². The summed E-state index contributed by atoms with van der Waals surface area (Å²) in [6.45, 7) is 0. The van der Waals surface area contributed by atoms with Crippen molar-refractivity contribution in [1.29, 1.82) is 0 Å². The molecule has 1 heterocycles. The van der Waals surface area contributed by atoms with Gasteiger partial charge in [-0.25, -0.2) is 13.8 Å². The number of aryl methyl sites for hydroxylation is 1. The largest absolute Gasteiger partial charge is 0.339 e. The van der Waals surface area contributed by atoms with Gasteiger partial charge in [-0.15, -0.1) is 0 Å². The summed E-state index contributed by atoms with van der Waals surface area (Å²) in [5, 5.41) is 2.84. The van der Waals surface area contributed by atoms with Crippen LogP contribution in [0.1, 0.15) is 23.0 Å². The number of halogens is 2. The molecule has 0 spiro atoms. The summed E-state index contributed by atoms with van der Waals surface area (Å²) in [4.78, 5) is 16.6. The smallest absolute Gasteiger partial charge is 0.244 e. The quantitative estimate of drug-likeness (QED) is 0.712. The van der Waals surface area contributed by atoms with E-state index in [2.05, 4.69) is 10.3 Å². The van der Waals surface area contributed by atoms with Gasteiger partial charge in [-0.05, 0) is 41.5 Å². The summed E-state index contributed by atoms with van der Waals surface area (Å²) >= 11 is 0. The molecule has 26 heavy (non-hydrogen) atoms. The zero-order valence-corrected chi connectivity index (χ0v) is 14.1. The molecule has 3 aromatic rings. The molecule has 0 bridgehead atoms. The predicted molar refractivity (Wildman–Crippen MR) is 95.0 cm³/mol. The van der Waals surface area contributed by atoms with Gasteiger partial charge in [0.05, 0.1) is 0 Å². The van der Waals surface area contributed by atoms with Crippen LogP contribution in [0.5, 0.6) is 0 Å². The Morgan fingerprint density at radius 3 is 2.58 bits per heavy atom. The van der Waals surface area contributed by atoms with E-state index in [1.54, 1.807) is 54.3 Å². The fourth-order valence-corrected chi connectivity index (χ4v) is 2.57. The van der Waals surface area contributed by atoms with Crippen molar-refractivity contribution < 1.29 is 13.6 Å². The predicted octanol–water partition coefficient (Wildman–Crippen LogP) is 3.62. The summed E-state index contributed by atoms with van der Waals surface area (Å²) in [6.07, 6.45) is 6.29. The summed E-state index contributed by atoms with van der Waals surface area (Å²) < 4.78 is 28.3. The minimum absolute atomic E-state index is 0.340. The normalized spacial score (nSPS) is 12.3. The van der Waals surface area contributed by atoms with E-state index in [9.17, 15) is 13.6 Å². The molecule has 0 saturated heterocycles. The molecular formula is C20H17F2N3O. The van der Waals surface area contributed by atoms with E-state index >= 15 is 0 Å². The number of amides is 1. The Balaban J connectivity index is 1.82. The maximum absolute atomic E-state index is 13.6.